The average Bonchev–Trinajstić information content (AvgIpc) is 2.56. The number of aromatic nitrogens is 2. The topological polar surface area (TPSA) is 107 Å². The summed E-state index contributed by atoms with van der Waals surface area (Å²) in [5, 5.41) is 13.3. The maximum absolute atomic E-state index is 13.0. The average molecular weight is 320 g/mol. The van der Waals surface area contributed by atoms with Gasteiger partial charge in [-0.25, -0.2) is 14.4 Å². The highest BCUT2D eigenvalue weighted by Crippen LogP contribution is 2.19. The molecular formula is C14H13FN4O4. The van der Waals surface area contributed by atoms with E-state index in [2.05, 4.69) is 15.3 Å². The van der Waals surface area contributed by atoms with Crippen molar-refractivity contribution in [2.24, 2.45) is 0 Å². The molecule has 9 heteroatoms. The highest BCUT2D eigenvalue weighted by molar-refractivity contribution is 5.78. The first-order valence-electron chi connectivity index (χ1n) is 6.55. The van der Waals surface area contributed by atoms with Crippen molar-refractivity contribution in [2.45, 2.75) is 5.92 Å². The lowest BCUT2D eigenvalue weighted by Gasteiger charge is -2.15. The molecule has 0 fully saturated rings. The standard InChI is InChI=1S/C14H13FN4O4/c1-23-13(20)12(9-2-4-10(15)5-3-9)8-18-14-16-6-11(7-17-14)19(21)22/h2-7,12H,8H2,1H3,(H,16,17,18). The van der Waals surface area contributed by atoms with Crippen LogP contribution in [-0.2, 0) is 9.53 Å². The van der Waals surface area contributed by atoms with Gasteiger partial charge in [-0.2, -0.15) is 0 Å². The van der Waals surface area contributed by atoms with E-state index < -0.39 is 22.6 Å². The number of nitrogens with zero attached hydrogens (tertiary/aromatic N) is 3. The van der Waals surface area contributed by atoms with Crippen molar-refractivity contribution < 1.29 is 18.8 Å². The van der Waals surface area contributed by atoms with Gasteiger partial charge in [-0.3, -0.25) is 14.9 Å². The summed E-state index contributed by atoms with van der Waals surface area (Å²) in [6, 6.07) is 5.45. The van der Waals surface area contributed by atoms with Gasteiger partial charge in [0.05, 0.1) is 18.0 Å². The number of esters is 1. The largest absolute Gasteiger partial charge is 0.468 e. The van der Waals surface area contributed by atoms with Gasteiger partial charge in [-0.05, 0) is 17.7 Å². The Bertz CT molecular complexity index is 691. The molecular weight excluding hydrogens is 307 g/mol. The molecule has 1 aromatic carbocycles. The molecule has 23 heavy (non-hydrogen) atoms. The lowest BCUT2D eigenvalue weighted by molar-refractivity contribution is -0.385. The summed E-state index contributed by atoms with van der Waals surface area (Å²) < 4.78 is 17.7. The van der Waals surface area contributed by atoms with E-state index in [0.717, 1.165) is 12.4 Å². The minimum atomic E-state index is -0.695. The van der Waals surface area contributed by atoms with Crippen LogP contribution in [0.15, 0.2) is 36.7 Å². The maximum atomic E-state index is 13.0. The van der Waals surface area contributed by atoms with Gasteiger partial charge < -0.3 is 10.1 Å². The van der Waals surface area contributed by atoms with E-state index in [9.17, 15) is 19.3 Å². The number of carbonyl (C=O) groups excluding carboxylic acids is 1. The summed E-state index contributed by atoms with van der Waals surface area (Å²) in [4.78, 5) is 29.4. The van der Waals surface area contributed by atoms with Crippen molar-refractivity contribution in [2.75, 3.05) is 19.0 Å². The van der Waals surface area contributed by atoms with Gasteiger partial charge in [-0.15, -0.1) is 0 Å². The van der Waals surface area contributed by atoms with Crippen LogP contribution in [-0.4, -0.2) is 34.5 Å². The molecule has 8 nitrogen and oxygen atoms in total. The third kappa shape index (κ3) is 4.19. The Balaban J connectivity index is 2.10. The second-order valence-corrected chi connectivity index (χ2v) is 4.53. The van der Waals surface area contributed by atoms with Crippen LogP contribution in [0.3, 0.4) is 0 Å². The lowest BCUT2D eigenvalue weighted by Crippen LogP contribution is -2.23. The number of nitro groups is 1. The van der Waals surface area contributed by atoms with Gasteiger partial charge in [0.1, 0.15) is 18.2 Å². The van der Waals surface area contributed by atoms with E-state index >= 15 is 0 Å². The Kier molecular flexibility index (Phi) is 5.13. The monoisotopic (exact) mass is 320 g/mol. The van der Waals surface area contributed by atoms with Gasteiger partial charge in [0.2, 0.25) is 5.95 Å². The van der Waals surface area contributed by atoms with Crippen LogP contribution in [0.25, 0.3) is 0 Å². The van der Waals surface area contributed by atoms with Crippen molar-refractivity contribution >= 4 is 17.6 Å². The summed E-state index contributed by atoms with van der Waals surface area (Å²) in [6.45, 7) is 0.0934. The van der Waals surface area contributed by atoms with Crippen LogP contribution in [0.5, 0.6) is 0 Å². The molecule has 0 amide bonds. The van der Waals surface area contributed by atoms with Crippen molar-refractivity contribution in [3.63, 3.8) is 0 Å². The van der Waals surface area contributed by atoms with Crippen LogP contribution >= 0.6 is 0 Å². The van der Waals surface area contributed by atoms with Gasteiger partial charge >= 0.3 is 11.7 Å². The fourth-order valence-electron chi connectivity index (χ4n) is 1.87. The van der Waals surface area contributed by atoms with Crippen LogP contribution in [0, 0.1) is 15.9 Å². The molecule has 0 bridgehead atoms. The molecule has 120 valence electrons. The molecule has 0 aliphatic carbocycles. The zero-order chi connectivity index (χ0) is 16.8. The first-order chi connectivity index (χ1) is 11.0. The number of rotatable bonds is 6. The Hall–Kier alpha value is -3.10. The zero-order valence-electron chi connectivity index (χ0n) is 12.1. The molecule has 1 atom stereocenters. The molecule has 0 radical (unpaired) electrons. The Morgan fingerprint density at radius 2 is 1.96 bits per heavy atom. The number of halogens is 1. The summed E-state index contributed by atoms with van der Waals surface area (Å²) in [7, 11) is 1.25. The summed E-state index contributed by atoms with van der Waals surface area (Å²) >= 11 is 0. The van der Waals surface area contributed by atoms with Crippen molar-refractivity contribution in [3.05, 3.63) is 58.2 Å². The molecule has 0 saturated carbocycles. The fraction of sp³-hybridized carbons (Fsp3) is 0.214. The smallest absolute Gasteiger partial charge is 0.314 e. The van der Waals surface area contributed by atoms with E-state index in [1.807, 2.05) is 0 Å². The number of nitrogens with one attached hydrogen (secondary N) is 1. The summed E-state index contributed by atoms with van der Waals surface area (Å²) in [6.07, 6.45) is 2.11. The zero-order valence-corrected chi connectivity index (χ0v) is 12.1. The SMILES string of the molecule is COC(=O)C(CNc1ncc([N+](=O)[O-])cn1)c1ccc(F)cc1. The Morgan fingerprint density at radius 1 is 1.35 bits per heavy atom. The number of hydrogen-bond donors (Lipinski definition) is 1. The molecule has 0 aliphatic heterocycles. The second kappa shape index (κ2) is 7.25. The fourth-order valence-corrected chi connectivity index (χ4v) is 1.87. The molecule has 0 saturated heterocycles. The highest BCUT2D eigenvalue weighted by atomic mass is 19.1. The van der Waals surface area contributed by atoms with E-state index in [4.69, 9.17) is 4.74 Å². The number of methoxy groups -OCH3 is 1. The maximum Gasteiger partial charge on any atom is 0.314 e. The number of carbonyl (C=O) groups is 1. The molecule has 2 rings (SSSR count). The number of benzene rings is 1. The van der Waals surface area contributed by atoms with Crippen molar-refractivity contribution in [1.29, 1.82) is 0 Å². The third-order valence-electron chi connectivity index (χ3n) is 3.07. The number of hydrogen-bond acceptors (Lipinski definition) is 7. The van der Waals surface area contributed by atoms with Crippen molar-refractivity contribution in [1.82, 2.24) is 9.97 Å². The second-order valence-electron chi connectivity index (χ2n) is 4.53. The minimum absolute atomic E-state index is 0.0934. The van der Waals surface area contributed by atoms with Crippen molar-refractivity contribution in [3.8, 4) is 0 Å². The molecule has 0 spiro atoms. The Morgan fingerprint density at radius 3 is 2.48 bits per heavy atom. The Labute approximate surface area is 130 Å². The van der Waals surface area contributed by atoms with Crippen LogP contribution in [0.1, 0.15) is 11.5 Å². The predicted molar refractivity (Wildman–Crippen MR) is 78.3 cm³/mol. The van der Waals surface area contributed by atoms with Gasteiger partial charge in [0, 0.05) is 6.54 Å². The van der Waals surface area contributed by atoms with E-state index in [1.165, 1.54) is 31.4 Å². The minimum Gasteiger partial charge on any atom is -0.468 e. The summed E-state index contributed by atoms with van der Waals surface area (Å²) in [5.41, 5.74) is 0.325. The highest BCUT2D eigenvalue weighted by Gasteiger charge is 2.22. The number of ether oxygens (including phenoxy) is 1. The predicted octanol–water partition coefficient (Wildman–Crippen LogP) is 1.89. The molecule has 2 aromatic rings. The molecule has 1 heterocycles. The molecule has 1 aromatic heterocycles. The molecule has 0 aliphatic rings. The van der Waals surface area contributed by atoms with E-state index in [0.29, 0.717) is 5.56 Å². The van der Waals surface area contributed by atoms with Crippen LogP contribution < -0.4 is 5.32 Å². The van der Waals surface area contributed by atoms with Crippen LogP contribution in [0.4, 0.5) is 16.0 Å². The normalized spacial score (nSPS) is 11.6. The van der Waals surface area contributed by atoms with Gasteiger partial charge in [0.15, 0.2) is 0 Å². The quantitative estimate of drug-likeness (QED) is 0.492. The first-order valence-corrected chi connectivity index (χ1v) is 6.55. The third-order valence-corrected chi connectivity index (χ3v) is 3.07. The summed E-state index contributed by atoms with van der Waals surface area (Å²) in [5.74, 6) is -1.49. The molecule has 1 N–H and O–H groups in total. The van der Waals surface area contributed by atoms with Crippen LogP contribution in [0.2, 0.25) is 0 Å². The van der Waals surface area contributed by atoms with E-state index in [-0.39, 0.29) is 18.2 Å². The lowest BCUT2D eigenvalue weighted by atomic mass is 9.99. The number of anilines is 1. The molecule has 1 unspecified atom stereocenters. The van der Waals surface area contributed by atoms with E-state index in [1.54, 1.807) is 0 Å². The van der Waals surface area contributed by atoms with Gasteiger partial charge in [0.25, 0.3) is 0 Å². The first kappa shape index (κ1) is 16.3. The van der Waals surface area contributed by atoms with Gasteiger partial charge in [-0.1, -0.05) is 12.1 Å².